The Morgan fingerprint density at radius 3 is 2.86 bits per heavy atom. The van der Waals surface area contributed by atoms with Gasteiger partial charge in [-0.25, -0.2) is 0 Å². The molecule has 5 heteroatoms. The first-order chi connectivity index (χ1) is 10.6. The summed E-state index contributed by atoms with van der Waals surface area (Å²) in [4.78, 5) is 12.3. The predicted octanol–water partition coefficient (Wildman–Crippen LogP) is 1.64. The highest BCUT2D eigenvalue weighted by Gasteiger charge is 2.23. The number of hydrogen-bond donors (Lipinski definition) is 2. The van der Waals surface area contributed by atoms with Crippen LogP contribution >= 0.6 is 0 Å². The lowest BCUT2D eigenvalue weighted by Gasteiger charge is -2.20. The van der Waals surface area contributed by atoms with E-state index >= 15 is 0 Å². The van der Waals surface area contributed by atoms with Crippen LogP contribution in [0.4, 0.5) is 5.69 Å². The molecule has 1 aromatic carbocycles. The molecule has 22 heavy (non-hydrogen) atoms. The molecular weight excluding hydrogens is 280 g/mol. The molecule has 0 bridgehead atoms. The van der Waals surface area contributed by atoms with Crippen molar-refractivity contribution in [2.45, 2.75) is 26.7 Å². The third-order valence-electron chi connectivity index (χ3n) is 3.79. The Labute approximate surface area is 132 Å². The van der Waals surface area contributed by atoms with Gasteiger partial charge < -0.3 is 20.1 Å². The van der Waals surface area contributed by atoms with Gasteiger partial charge in [-0.15, -0.1) is 0 Å². The minimum atomic E-state index is 0.0934. The molecule has 1 saturated heterocycles. The van der Waals surface area contributed by atoms with Crippen LogP contribution in [-0.2, 0) is 4.79 Å². The molecule has 1 atom stereocenters. The van der Waals surface area contributed by atoms with Crippen molar-refractivity contribution in [2.75, 3.05) is 32.1 Å². The van der Waals surface area contributed by atoms with Gasteiger partial charge in [0.15, 0.2) is 11.5 Å². The van der Waals surface area contributed by atoms with E-state index in [1.165, 1.54) is 0 Å². The highest BCUT2D eigenvalue weighted by Crippen LogP contribution is 2.30. The van der Waals surface area contributed by atoms with Gasteiger partial charge in [-0.2, -0.15) is 0 Å². The number of ether oxygens (including phenoxy) is 2. The van der Waals surface area contributed by atoms with E-state index in [-0.39, 0.29) is 11.8 Å². The predicted molar refractivity (Wildman–Crippen MR) is 86.3 cm³/mol. The summed E-state index contributed by atoms with van der Waals surface area (Å²) in [5.74, 6) is 1.97. The summed E-state index contributed by atoms with van der Waals surface area (Å²) in [6, 6.07) is 5.52. The number of piperidine rings is 1. The van der Waals surface area contributed by atoms with E-state index in [0.717, 1.165) is 31.6 Å². The number of methoxy groups -OCH3 is 1. The van der Waals surface area contributed by atoms with E-state index in [0.29, 0.717) is 24.0 Å². The fourth-order valence-corrected chi connectivity index (χ4v) is 2.55. The van der Waals surface area contributed by atoms with Crippen molar-refractivity contribution < 1.29 is 19.6 Å². The molecule has 1 aromatic rings. The molecule has 1 amide bonds. The third kappa shape index (κ3) is 4.63. The van der Waals surface area contributed by atoms with E-state index in [1.54, 1.807) is 7.11 Å². The Kier molecular flexibility index (Phi) is 6.07. The number of nitrogens with one attached hydrogen (secondary N) is 1. The maximum Gasteiger partial charge on any atom is 0.233 e. The van der Waals surface area contributed by atoms with Crippen LogP contribution in [0, 0.1) is 11.8 Å². The molecule has 1 aliphatic rings. The summed E-state index contributed by atoms with van der Waals surface area (Å²) < 4.78 is 11.1. The Hall–Kier alpha value is -1.75. The number of nitrogens with two attached hydrogens (primary N) is 1. The number of amides is 1. The van der Waals surface area contributed by atoms with E-state index < -0.39 is 0 Å². The molecule has 1 aliphatic heterocycles. The van der Waals surface area contributed by atoms with Crippen molar-refractivity contribution in [3.8, 4) is 11.5 Å². The maximum absolute atomic E-state index is 12.3. The Morgan fingerprint density at radius 1 is 1.41 bits per heavy atom. The number of anilines is 1. The second-order valence-corrected chi connectivity index (χ2v) is 6.21. The average Bonchev–Trinajstić information content (AvgIpc) is 2.54. The number of rotatable bonds is 6. The largest absolute Gasteiger partial charge is 0.493 e. The monoisotopic (exact) mass is 307 g/mol. The van der Waals surface area contributed by atoms with E-state index in [2.05, 4.69) is 24.5 Å². The number of quaternary nitrogens is 1. The van der Waals surface area contributed by atoms with Crippen molar-refractivity contribution in [3.63, 3.8) is 0 Å². The fraction of sp³-hybridized carbons (Fsp3) is 0.588. The summed E-state index contributed by atoms with van der Waals surface area (Å²) in [5.41, 5.74) is 0.759. The van der Waals surface area contributed by atoms with Crippen molar-refractivity contribution in [3.05, 3.63) is 18.2 Å². The van der Waals surface area contributed by atoms with Crippen molar-refractivity contribution in [1.29, 1.82) is 0 Å². The topological polar surface area (TPSA) is 64.2 Å². The van der Waals surface area contributed by atoms with Crippen LogP contribution in [0.3, 0.4) is 0 Å². The first kappa shape index (κ1) is 16.6. The van der Waals surface area contributed by atoms with E-state index in [9.17, 15) is 4.79 Å². The second-order valence-electron chi connectivity index (χ2n) is 6.21. The molecule has 0 aliphatic carbocycles. The van der Waals surface area contributed by atoms with Crippen LogP contribution in [-0.4, -0.2) is 32.7 Å². The zero-order valence-corrected chi connectivity index (χ0v) is 13.7. The quantitative estimate of drug-likeness (QED) is 0.840. The molecule has 0 radical (unpaired) electrons. The maximum atomic E-state index is 12.3. The molecule has 1 fully saturated rings. The Balaban J connectivity index is 2.03. The Morgan fingerprint density at radius 2 is 2.23 bits per heavy atom. The van der Waals surface area contributed by atoms with Crippen molar-refractivity contribution in [2.24, 2.45) is 11.8 Å². The van der Waals surface area contributed by atoms with Crippen LogP contribution < -0.4 is 20.1 Å². The molecule has 122 valence electrons. The molecule has 2 rings (SSSR count). The highest BCUT2D eigenvalue weighted by molar-refractivity contribution is 5.93. The molecule has 1 heterocycles. The van der Waals surface area contributed by atoms with Gasteiger partial charge in [0, 0.05) is 11.8 Å². The fourth-order valence-electron chi connectivity index (χ4n) is 2.55. The summed E-state index contributed by atoms with van der Waals surface area (Å²) in [7, 11) is 1.62. The minimum absolute atomic E-state index is 0.0934. The summed E-state index contributed by atoms with van der Waals surface area (Å²) in [6.45, 7) is 6.80. The molecule has 1 unspecified atom stereocenters. The Bertz CT molecular complexity index is 497. The molecule has 0 spiro atoms. The van der Waals surface area contributed by atoms with Gasteiger partial charge in [-0.1, -0.05) is 13.8 Å². The number of carbonyl (C=O) groups excluding carboxylic acids is 1. The van der Waals surface area contributed by atoms with Crippen LogP contribution in [0.15, 0.2) is 18.2 Å². The van der Waals surface area contributed by atoms with Gasteiger partial charge in [0.05, 0.1) is 32.7 Å². The zero-order valence-electron chi connectivity index (χ0n) is 13.7. The van der Waals surface area contributed by atoms with Gasteiger partial charge in [0.25, 0.3) is 0 Å². The number of hydrogen-bond acceptors (Lipinski definition) is 3. The first-order valence-electron chi connectivity index (χ1n) is 8.03. The summed E-state index contributed by atoms with van der Waals surface area (Å²) >= 11 is 0. The van der Waals surface area contributed by atoms with Crippen LogP contribution in [0.2, 0.25) is 0 Å². The smallest absolute Gasteiger partial charge is 0.233 e. The highest BCUT2D eigenvalue weighted by atomic mass is 16.5. The second kappa shape index (κ2) is 8.03. The lowest BCUT2D eigenvalue weighted by molar-refractivity contribution is -0.666. The standard InChI is InChI=1S/C17H26N2O3/c1-12(2)11-22-16-9-14(6-7-15(16)21-3)19-17(20)13-5-4-8-18-10-13/h6-7,9,12-13,18H,4-5,8,10-11H2,1-3H3,(H,19,20)/p+1. The lowest BCUT2D eigenvalue weighted by atomic mass is 9.99. The van der Waals surface area contributed by atoms with Crippen molar-refractivity contribution in [1.82, 2.24) is 0 Å². The van der Waals surface area contributed by atoms with E-state index in [4.69, 9.17) is 9.47 Å². The van der Waals surface area contributed by atoms with E-state index in [1.807, 2.05) is 18.2 Å². The van der Waals surface area contributed by atoms with Crippen molar-refractivity contribution >= 4 is 11.6 Å². The molecule has 5 nitrogen and oxygen atoms in total. The molecule has 0 saturated carbocycles. The molecular formula is C17H27N2O3+. The lowest BCUT2D eigenvalue weighted by Crippen LogP contribution is -2.87. The van der Waals surface area contributed by atoms with Gasteiger partial charge >= 0.3 is 0 Å². The third-order valence-corrected chi connectivity index (χ3v) is 3.79. The molecule has 3 N–H and O–H groups in total. The summed E-state index contributed by atoms with van der Waals surface area (Å²) in [5, 5.41) is 5.20. The summed E-state index contributed by atoms with van der Waals surface area (Å²) in [6.07, 6.45) is 2.07. The number of carbonyl (C=O) groups is 1. The zero-order chi connectivity index (χ0) is 15.9. The number of benzene rings is 1. The minimum Gasteiger partial charge on any atom is -0.493 e. The SMILES string of the molecule is COc1ccc(NC(=O)C2CCC[NH2+]C2)cc1OCC(C)C. The van der Waals surface area contributed by atoms with Gasteiger partial charge in [0.1, 0.15) is 0 Å². The van der Waals surface area contributed by atoms with Gasteiger partial charge in [-0.3, -0.25) is 4.79 Å². The average molecular weight is 307 g/mol. The normalized spacial score (nSPS) is 18.1. The van der Waals surface area contributed by atoms with Crippen LogP contribution in [0.25, 0.3) is 0 Å². The van der Waals surface area contributed by atoms with Crippen LogP contribution in [0.1, 0.15) is 26.7 Å². The van der Waals surface area contributed by atoms with Gasteiger partial charge in [-0.05, 0) is 30.9 Å². The van der Waals surface area contributed by atoms with Crippen LogP contribution in [0.5, 0.6) is 11.5 Å². The van der Waals surface area contributed by atoms with Gasteiger partial charge in [0.2, 0.25) is 5.91 Å². The molecule has 0 aromatic heterocycles. The first-order valence-corrected chi connectivity index (χ1v) is 8.03.